The van der Waals surface area contributed by atoms with Crippen LogP contribution in [0.4, 0.5) is 13.2 Å². The van der Waals surface area contributed by atoms with Crippen molar-refractivity contribution in [3.63, 3.8) is 0 Å². The summed E-state index contributed by atoms with van der Waals surface area (Å²) in [6.45, 7) is -0.0628. The zero-order chi connectivity index (χ0) is 16.2. The molecule has 2 rings (SSSR count). The van der Waals surface area contributed by atoms with E-state index in [2.05, 4.69) is 5.10 Å². The minimum absolute atomic E-state index is 0.0299. The summed E-state index contributed by atoms with van der Waals surface area (Å²) < 4.78 is 45.0. The molecule has 0 saturated carbocycles. The second-order valence-electron chi connectivity index (χ2n) is 4.54. The molecule has 0 aliphatic rings. The molecule has 0 radical (unpaired) electrons. The van der Waals surface area contributed by atoms with E-state index < -0.39 is 11.9 Å². The van der Waals surface area contributed by atoms with Crippen molar-refractivity contribution in [2.75, 3.05) is 13.2 Å². The molecule has 0 unspecified atom stereocenters. The number of alkyl halides is 3. The Balaban J connectivity index is 2.01. The summed E-state index contributed by atoms with van der Waals surface area (Å²) >= 11 is 5.80. The van der Waals surface area contributed by atoms with E-state index in [4.69, 9.17) is 21.4 Å². The Kier molecular flexibility index (Phi) is 5.31. The highest BCUT2D eigenvalue weighted by molar-refractivity contribution is 6.30. The average molecular weight is 335 g/mol. The first kappa shape index (κ1) is 16.6. The maximum atomic E-state index is 12.8. The predicted molar refractivity (Wildman–Crippen MR) is 75.0 cm³/mol. The number of aliphatic hydroxyl groups is 1. The normalized spacial score (nSPS) is 11.7. The van der Waals surface area contributed by atoms with Gasteiger partial charge in [-0.15, -0.1) is 0 Å². The molecule has 4 nitrogen and oxygen atoms in total. The highest BCUT2D eigenvalue weighted by Gasteiger charge is 2.36. The van der Waals surface area contributed by atoms with Gasteiger partial charge in [-0.25, -0.2) is 0 Å². The SMILES string of the molecule is OCCc1cn(CCOc2cccc(Cl)c2)nc1C(F)(F)F. The number of hydrogen-bond acceptors (Lipinski definition) is 3. The molecule has 0 saturated heterocycles. The molecule has 1 heterocycles. The zero-order valence-electron chi connectivity index (χ0n) is 11.5. The summed E-state index contributed by atoms with van der Waals surface area (Å²) in [5, 5.41) is 12.9. The van der Waals surface area contributed by atoms with Gasteiger partial charge < -0.3 is 9.84 Å². The van der Waals surface area contributed by atoms with Crippen LogP contribution >= 0.6 is 11.6 Å². The fourth-order valence-corrected chi connectivity index (χ4v) is 2.11. The Morgan fingerprint density at radius 3 is 2.73 bits per heavy atom. The van der Waals surface area contributed by atoms with E-state index in [1.807, 2.05) is 0 Å². The van der Waals surface area contributed by atoms with Crippen molar-refractivity contribution in [1.82, 2.24) is 9.78 Å². The molecule has 0 aliphatic carbocycles. The smallest absolute Gasteiger partial charge is 0.435 e. The molecular formula is C14H14ClF3N2O2. The van der Waals surface area contributed by atoms with E-state index in [1.54, 1.807) is 24.3 Å². The van der Waals surface area contributed by atoms with E-state index in [0.717, 1.165) is 0 Å². The van der Waals surface area contributed by atoms with Crippen LogP contribution in [0.5, 0.6) is 5.75 Å². The Bertz CT molecular complexity index is 629. The third kappa shape index (κ3) is 4.38. The van der Waals surface area contributed by atoms with Gasteiger partial charge in [0, 0.05) is 23.4 Å². The summed E-state index contributed by atoms with van der Waals surface area (Å²) in [5.41, 5.74) is -0.998. The summed E-state index contributed by atoms with van der Waals surface area (Å²) in [6.07, 6.45) is -3.35. The summed E-state index contributed by atoms with van der Waals surface area (Å²) in [4.78, 5) is 0. The number of aromatic nitrogens is 2. The third-order valence-electron chi connectivity index (χ3n) is 2.87. The lowest BCUT2D eigenvalue weighted by molar-refractivity contribution is -0.142. The van der Waals surface area contributed by atoms with Crippen molar-refractivity contribution < 1.29 is 23.0 Å². The topological polar surface area (TPSA) is 47.3 Å². The lowest BCUT2D eigenvalue weighted by atomic mass is 10.2. The van der Waals surface area contributed by atoms with Crippen molar-refractivity contribution in [3.05, 3.63) is 46.7 Å². The number of aliphatic hydroxyl groups excluding tert-OH is 1. The zero-order valence-corrected chi connectivity index (χ0v) is 12.2. The minimum Gasteiger partial charge on any atom is -0.492 e. The number of nitrogens with zero attached hydrogens (tertiary/aromatic N) is 2. The van der Waals surface area contributed by atoms with Gasteiger partial charge in [0.1, 0.15) is 12.4 Å². The first-order valence-corrected chi connectivity index (χ1v) is 6.90. The van der Waals surface area contributed by atoms with Crippen LogP contribution in [0.2, 0.25) is 5.02 Å². The Morgan fingerprint density at radius 2 is 2.09 bits per heavy atom. The third-order valence-corrected chi connectivity index (χ3v) is 3.11. The Morgan fingerprint density at radius 1 is 1.32 bits per heavy atom. The van der Waals surface area contributed by atoms with Crippen LogP contribution in [0, 0.1) is 0 Å². The van der Waals surface area contributed by atoms with E-state index in [-0.39, 0.29) is 31.7 Å². The van der Waals surface area contributed by atoms with Gasteiger partial charge in [-0.1, -0.05) is 17.7 Å². The van der Waals surface area contributed by atoms with Crippen LogP contribution in [0.1, 0.15) is 11.3 Å². The largest absolute Gasteiger partial charge is 0.492 e. The van der Waals surface area contributed by atoms with Crippen LogP contribution in [0.15, 0.2) is 30.5 Å². The second-order valence-corrected chi connectivity index (χ2v) is 4.98. The standard InChI is InChI=1S/C14H14ClF3N2O2/c15-11-2-1-3-12(8-11)22-7-5-20-9-10(4-6-21)13(19-20)14(16,17)18/h1-3,8-9,21H,4-7H2. The Labute approximate surface area is 130 Å². The van der Waals surface area contributed by atoms with E-state index >= 15 is 0 Å². The lowest BCUT2D eigenvalue weighted by Gasteiger charge is -2.06. The van der Waals surface area contributed by atoms with Crippen molar-refractivity contribution in [1.29, 1.82) is 0 Å². The highest BCUT2D eigenvalue weighted by Crippen LogP contribution is 2.30. The molecule has 2 aromatic rings. The van der Waals surface area contributed by atoms with Gasteiger partial charge in [0.05, 0.1) is 6.54 Å². The molecule has 0 bridgehead atoms. The first-order valence-electron chi connectivity index (χ1n) is 6.53. The maximum absolute atomic E-state index is 12.8. The van der Waals surface area contributed by atoms with E-state index in [1.165, 1.54) is 10.9 Å². The van der Waals surface area contributed by atoms with Crippen molar-refractivity contribution >= 4 is 11.6 Å². The summed E-state index contributed by atoms with van der Waals surface area (Å²) in [7, 11) is 0. The Hall–Kier alpha value is -1.73. The number of hydrogen-bond donors (Lipinski definition) is 1. The molecule has 0 aliphatic heterocycles. The van der Waals surface area contributed by atoms with Gasteiger partial charge in [0.15, 0.2) is 5.69 Å². The average Bonchev–Trinajstić information content (AvgIpc) is 2.82. The van der Waals surface area contributed by atoms with Gasteiger partial charge >= 0.3 is 6.18 Å². The van der Waals surface area contributed by atoms with E-state index in [0.29, 0.717) is 10.8 Å². The van der Waals surface area contributed by atoms with Gasteiger partial charge in [0.25, 0.3) is 0 Å². The minimum atomic E-state index is -4.54. The molecule has 8 heteroatoms. The molecule has 1 aromatic carbocycles. The molecule has 1 N–H and O–H groups in total. The van der Waals surface area contributed by atoms with Crippen LogP contribution in [0.25, 0.3) is 0 Å². The molecule has 22 heavy (non-hydrogen) atoms. The fraction of sp³-hybridized carbons (Fsp3) is 0.357. The molecule has 0 spiro atoms. The molecule has 1 aromatic heterocycles. The fourth-order valence-electron chi connectivity index (χ4n) is 1.93. The van der Waals surface area contributed by atoms with Crippen molar-refractivity contribution in [2.45, 2.75) is 19.1 Å². The number of benzene rings is 1. The van der Waals surface area contributed by atoms with Crippen molar-refractivity contribution in [2.24, 2.45) is 0 Å². The summed E-state index contributed by atoms with van der Waals surface area (Å²) in [6, 6.07) is 6.72. The first-order chi connectivity index (χ1) is 10.4. The molecule has 0 atom stereocenters. The van der Waals surface area contributed by atoms with Gasteiger partial charge in [-0.2, -0.15) is 18.3 Å². The van der Waals surface area contributed by atoms with Gasteiger partial charge in [0.2, 0.25) is 0 Å². The van der Waals surface area contributed by atoms with Crippen LogP contribution < -0.4 is 4.74 Å². The quantitative estimate of drug-likeness (QED) is 0.882. The lowest BCUT2D eigenvalue weighted by Crippen LogP contribution is -2.12. The number of rotatable bonds is 6. The second kappa shape index (κ2) is 7.02. The number of halogens is 4. The van der Waals surface area contributed by atoms with Crippen LogP contribution in [-0.4, -0.2) is 28.1 Å². The van der Waals surface area contributed by atoms with Crippen LogP contribution in [-0.2, 0) is 19.1 Å². The highest BCUT2D eigenvalue weighted by atomic mass is 35.5. The predicted octanol–water partition coefficient (Wildman–Crippen LogP) is 3.17. The molecule has 0 fully saturated rings. The summed E-state index contributed by atoms with van der Waals surface area (Å²) in [5.74, 6) is 0.534. The van der Waals surface area contributed by atoms with Gasteiger partial charge in [-0.3, -0.25) is 4.68 Å². The monoisotopic (exact) mass is 334 g/mol. The van der Waals surface area contributed by atoms with Crippen molar-refractivity contribution in [3.8, 4) is 5.75 Å². The molecular weight excluding hydrogens is 321 g/mol. The van der Waals surface area contributed by atoms with E-state index in [9.17, 15) is 13.2 Å². The molecule has 120 valence electrons. The molecule has 0 amide bonds. The van der Waals surface area contributed by atoms with Crippen LogP contribution in [0.3, 0.4) is 0 Å². The maximum Gasteiger partial charge on any atom is 0.435 e. The number of ether oxygens (including phenoxy) is 1. The van der Waals surface area contributed by atoms with Gasteiger partial charge in [-0.05, 0) is 24.6 Å².